The molecule has 1 aromatic carbocycles. The van der Waals surface area contributed by atoms with Crippen molar-refractivity contribution in [3.05, 3.63) is 52.3 Å². The Morgan fingerprint density at radius 2 is 2.09 bits per heavy atom. The number of carbonyl (C=O) groups is 1. The Hall–Kier alpha value is -1.85. The number of amides is 1. The van der Waals surface area contributed by atoms with Gasteiger partial charge in [-0.3, -0.25) is 9.69 Å². The third-order valence-corrected chi connectivity index (χ3v) is 4.83. The molecule has 3 rings (SSSR count). The molecule has 1 fully saturated rings. The first kappa shape index (κ1) is 16.0. The molecule has 1 aliphatic heterocycles. The number of hydrogen-bond donors (Lipinski definition) is 1. The molecule has 0 saturated carbocycles. The minimum Gasteiger partial charge on any atom is -0.368 e. The molecule has 1 aliphatic rings. The van der Waals surface area contributed by atoms with E-state index in [2.05, 4.69) is 22.1 Å². The van der Waals surface area contributed by atoms with Crippen molar-refractivity contribution in [3.63, 3.8) is 0 Å². The van der Waals surface area contributed by atoms with Crippen LogP contribution in [-0.2, 0) is 17.9 Å². The smallest absolute Gasteiger partial charge is 0.234 e. The summed E-state index contributed by atoms with van der Waals surface area (Å²) in [5, 5.41) is 5.20. The highest BCUT2D eigenvalue weighted by Gasteiger charge is 2.30. The minimum absolute atomic E-state index is 0.192. The number of rotatable bonds is 5. The van der Waals surface area contributed by atoms with Gasteiger partial charge in [-0.2, -0.15) is 5.10 Å². The van der Waals surface area contributed by atoms with Gasteiger partial charge in [0.15, 0.2) is 0 Å². The fraction of sp³-hybridized carbons (Fsp3) is 0.412. The zero-order chi connectivity index (χ0) is 16.4. The van der Waals surface area contributed by atoms with Crippen LogP contribution in [0.3, 0.4) is 0 Å². The van der Waals surface area contributed by atoms with Crippen molar-refractivity contribution < 1.29 is 4.79 Å². The molecule has 6 heteroatoms. The van der Waals surface area contributed by atoms with E-state index in [-0.39, 0.29) is 11.9 Å². The van der Waals surface area contributed by atoms with E-state index in [0.29, 0.717) is 18.2 Å². The Balaban J connectivity index is 1.79. The SMILES string of the molecule is Cc1nn(Cc2ccccc2)c(Cl)c1CN1CCCC1C(N)=O. The van der Waals surface area contributed by atoms with Gasteiger partial charge in [0.25, 0.3) is 0 Å². The molecule has 2 N–H and O–H groups in total. The highest BCUT2D eigenvalue weighted by molar-refractivity contribution is 6.30. The van der Waals surface area contributed by atoms with E-state index in [1.807, 2.05) is 29.8 Å². The van der Waals surface area contributed by atoms with Crippen LogP contribution >= 0.6 is 11.6 Å². The lowest BCUT2D eigenvalue weighted by atomic mass is 10.2. The molecule has 1 atom stereocenters. The average Bonchev–Trinajstić information content (AvgIpc) is 3.09. The van der Waals surface area contributed by atoms with Gasteiger partial charge in [0, 0.05) is 12.1 Å². The standard InChI is InChI=1S/C17H21ClN4O/c1-12-14(11-21-9-5-8-15(21)17(19)23)16(18)22(20-12)10-13-6-3-2-4-7-13/h2-4,6-7,15H,5,8-11H2,1H3,(H2,19,23). The highest BCUT2D eigenvalue weighted by Crippen LogP contribution is 2.26. The maximum Gasteiger partial charge on any atom is 0.234 e. The number of primary amides is 1. The molecular weight excluding hydrogens is 312 g/mol. The molecule has 1 amide bonds. The number of carbonyl (C=O) groups excluding carboxylic acids is 1. The van der Waals surface area contributed by atoms with Crippen molar-refractivity contribution >= 4 is 17.5 Å². The molecule has 1 aromatic heterocycles. The Bertz CT molecular complexity index is 698. The topological polar surface area (TPSA) is 64.2 Å². The van der Waals surface area contributed by atoms with Crippen LogP contribution in [0.15, 0.2) is 30.3 Å². The van der Waals surface area contributed by atoms with E-state index in [1.165, 1.54) is 0 Å². The van der Waals surface area contributed by atoms with Crippen molar-refractivity contribution in [1.82, 2.24) is 14.7 Å². The third-order valence-electron chi connectivity index (χ3n) is 4.41. The second-order valence-corrected chi connectivity index (χ2v) is 6.39. The van der Waals surface area contributed by atoms with Gasteiger partial charge in [-0.25, -0.2) is 4.68 Å². The van der Waals surface area contributed by atoms with E-state index in [9.17, 15) is 4.79 Å². The van der Waals surface area contributed by atoms with Gasteiger partial charge in [-0.05, 0) is 31.9 Å². The predicted octanol–water partition coefficient (Wildman–Crippen LogP) is 2.34. The number of benzene rings is 1. The Morgan fingerprint density at radius 3 is 2.78 bits per heavy atom. The molecule has 23 heavy (non-hydrogen) atoms. The van der Waals surface area contributed by atoms with Crippen molar-refractivity contribution in [2.75, 3.05) is 6.54 Å². The largest absolute Gasteiger partial charge is 0.368 e. The summed E-state index contributed by atoms with van der Waals surface area (Å²) >= 11 is 6.54. The van der Waals surface area contributed by atoms with Crippen LogP contribution in [0.1, 0.15) is 29.7 Å². The first-order chi connectivity index (χ1) is 11.1. The van der Waals surface area contributed by atoms with E-state index < -0.39 is 0 Å². The van der Waals surface area contributed by atoms with Gasteiger partial charge in [-0.1, -0.05) is 41.9 Å². The molecule has 122 valence electrons. The number of nitrogens with two attached hydrogens (primary N) is 1. The first-order valence-corrected chi connectivity index (χ1v) is 8.23. The summed E-state index contributed by atoms with van der Waals surface area (Å²) in [6.07, 6.45) is 1.81. The van der Waals surface area contributed by atoms with Crippen LogP contribution in [0.2, 0.25) is 5.15 Å². The van der Waals surface area contributed by atoms with Gasteiger partial charge >= 0.3 is 0 Å². The van der Waals surface area contributed by atoms with E-state index in [1.54, 1.807) is 0 Å². The summed E-state index contributed by atoms with van der Waals surface area (Å²) in [5.74, 6) is -0.257. The zero-order valence-corrected chi connectivity index (χ0v) is 14.0. The molecule has 1 saturated heterocycles. The van der Waals surface area contributed by atoms with Crippen molar-refractivity contribution in [1.29, 1.82) is 0 Å². The minimum atomic E-state index is -0.257. The lowest BCUT2D eigenvalue weighted by Crippen LogP contribution is -2.39. The fourth-order valence-corrected chi connectivity index (χ4v) is 3.47. The predicted molar refractivity (Wildman–Crippen MR) is 90.1 cm³/mol. The average molecular weight is 333 g/mol. The Kier molecular flexibility index (Phi) is 4.68. The summed E-state index contributed by atoms with van der Waals surface area (Å²) < 4.78 is 1.82. The van der Waals surface area contributed by atoms with E-state index in [0.717, 1.165) is 36.2 Å². The normalized spacial score (nSPS) is 18.4. The van der Waals surface area contributed by atoms with E-state index in [4.69, 9.17) is 17.3 Å². The lowest BCUT2D eigenvalue weighted by Gasteiger charge is -2.21. The summed E-state index contributed by atoms with van der Waals surface area (Å²) in [6.45, 7) is 4.08. The van der Waals surface area contributed by atoms with Crippen LogP contribution in [-0.4, -0.2) is 33.2 Å². The van der Waals surface area contributed by atoms with Gasteiger partial charge in [0.05, 0.1) is 18.3 Å². The second-order valence-electron chi connectivity index (χ2n) is 6.03. The maximum absolute atomic E-state index is 11.5. The fourth-order valence-electron chi connectivity index (χ4n) is 3.17. The second kappa shape index (κ2) is 6.72. The lowest BCUT2D eigenvalue weighted by molar-refractivity contribution is -0.122. The first-order valence-electron chi connectivity index (χ1n) is 7.85. The molecule has 0 aliphatic carbocycles. The molecule has 2 aromatic rings. The van der Waals surface area contributed by atoms with Crippen LogP contribution in [0, 0.1) is 6.92 Å². The van der Waals surface area contributed by atoms with E-state index >= 15 is 0 Å². The van der Waals surface area contributed by atoms with Gasteiger partial charge < -0.3 is 5.73 Å². The molecule has 5 nitrogen and oxygen atoms in total. The number of likely N-dealkylation sites (tertiary alicyclic amines) is 1. The molecule has 2 heterocycles. The summed E-state index contributed by atoms with van der Waals surface area (Å²) in [7, 11) is 0. The molecule has 0 spiro atoms. The molecule has 0 bridgehead atoms. The zero-order valence-electron chi connectivity index (χ0n) is 13.2. The number of aromatic nitrogens is 2. The highest BCUT2D eigenvalue weighted by atomic mass is 35.5. The monoisotopic (exact) mass is 332 g/mol. The van der Waals surface area contributed by atoms with Crippen LogP contribution in [0.25, 0.3) is 0 Å². The molecular formula is C17H21ClN4O. The summed E-state index contributed by atoms with van der Waals surface area (Å²) in [5.41, 5.74) is 8.53. The quantitative estimate of drug-likeness (QED) is 0.914. The molecule has 0 radical (unpaired) electrons. The van der Waals surface area contributed by atoms with Gasteiger partial charge in [0.2, 0.25) is 5.91 Å². The number of hydrogen-bond acceptors (Lipinski definition) is 3. The van der Waals surface area contributed by atoms with Crippen molar-refractivity contribution in [2.45, 2.75) is 38.9 Å². The third kappa shape index (κ3) is 3.41. The van der Waals surface area contributed by atoms with Crippen LogP contribution in [0.5, 0.6) is 0 Å². The summed E-state index contributed by atoms with van der Waals surface area (Å²) in [6, 6.07) is 9.91. The van der Waals surface area contributed by atoms with Gasteiger partial charge in [0.1, 0.15) is 5.15 Å². The number of aryl methyl sites for hydroxylation is 1. The Morgan fingerprint density at radius 1 is 1.35 bits per heavy atom. The van der Waals surface area contributed by atoms with Crippen molar-refractivity contribution in [2.24, 2.45) is 5.73 Å². The van der Waals surface area contributed by atoms with Crippen LogP contribution < -0.4 is 5.73 Å². The maximum atomic E-state index is 11.5. The Labute approximate surface area is 141 Å². The van der Waals surface area contributed by atoms with Crippen LogP contribution in [0.4, 0.5) is 0 Å². The van der Waals surface area contributed by atoms with Gasteiger partial charge in [-0.15, -0.1) is 0 Å². The molecule has 1 unspecified atom stereocenters. The number of halogens is 1. The number of nitrogens with zero attached hydrogens (tertiary/aromatic N) is 3. The summed E-state index contributed by atoms with van der Waals surface area (Å²) in [4.78, 5) is 13.6. The van der Waals surface area contributed by atoms with Crippen molar-refractivity contribution in [3.8, 4) is 0 Å².